The zero-order valence-electron chi connectivity index (χ0n) is 18.9. The Labute approximate surface area is 192 Å². The molecule has 2 amide bonds. The van der Waals surface area contributed by atoms with E-state index < -0.39 is 23.6 Å². The highest BCUT2D eigenvalue weighted by atomic mass is 19.1. The Morgan fingerprint density at radius 3 is 2.88 bits per heavy atom. The molecule has 3 saturated heterocycles. The molecule has 10 nitrogen and oxygen atoms in total. The number of rotatable bonds is 5. The number of carbonyl (C=O) groups is 2. The predicted molar refractivity (Wildman–Crippen MR) is 117 cm³/mol. The lowest BCUT2D eigenvalue weighted by Gasteiger charge is -2.48. The van der Waals surface area contributed by atoms with E-state index in [1.165, 1.54) is 12.3 Å². The maximum atomic E-state index is 13.6. The van der Waals surface area contributed by atoms with Crippen LogP contribution in [0.1, 0.15) is 39.5 Å². The summed E-state index contributed by atoms with van der Waals surface area (Å²) in [6, 6.07) is 5.11. The lowest BCUT2D eigenvalue weighted by atomic mass is 9.81. The Bertz CT molecular complexity index is 929. The lowest BCUT2D eigenvalue weighted by Crippen LogP contribution is -2.62. The van der Waals surface area contributed by atoms with Crippen molar-refractivity contribution in [3.63, 3.8) is 0 Å². The molecule has 3 fully saturated rings. The maximum Gasteiger partial charge on any atom is 0.410 e. The summed E-state index contributed by atoms with van der Waals surface area (Å²) in [6.45, 7) is 5.09. The van der Waals surface area contributed by atoms with Gasteiger partial charge in [0, 0.05) is 43.6 Å². The molecule has 33 heavy (non-hydrogen) atoms. The van der Waals surface area contributed by atoms with E-state index in [4.69, 9.17) is 4.74 Å². The van der Waals surface area contributed by atoms with Gasteiger partial charge in [0.25, 0.3) is 0 Å². The number of ether oxygens (including phenoxy) is 1. The van der Waals surface area contributed by atoms with Gasteiger partial charge in [0.2, 0.25) is 11.9 Å². The zero-order chi connectivity index (χ0) is 23.6. The highest BCUT2D eigenvalue weighted by molar-refractivity contribution is 5.82. The van der Waals surface area contributed by atoms with Gasteiger partial charge in [-0.2, -0.15) is 9.65 Å². The average Bonchev–Trinajstić information content (AvgIpc) is 3.14. The number of amides is 2. The number of pyridine rings is 1. The van der Waals surface area contributed by atoms with E-state index in [-0.39, 0.29) is 30.6 Å². The minimum absolute atomic E-state index is 0.0849. The number of halogens is 1. The summed E-state index contributed by atoms with van der Waals surface area (Å²) in [7, 11) is 0. The molecule has 178 valence electrons. The number of likely N-dealkylation sites (tertiary alicyclic amines) is 1. The highest BCUT2D eigenvalue weighted by Gasteiger charge is 2.55. The van der Waals surface area contributed by atoms with Crippen molar-refractivity contribution in [2.45, 2.75) is 63.4 Å². The standard InChI is InChI=1S/C22H30FN7O3/c1-14(2)33-21(32)29-11-6-22(5-8-24,7-12-29)30-16-4-10-26-20(31)18(16)19(28-30)27-15-3-9-25-17(23)13-15/h3,9,13-14,16,18-19,28H,4-7,10-12H2,1-2H3,(H,25,27)(H,26,31). The molecular formula is C22H30FN7O3. The van der Waals surface area contributed by atoms with Crippen LogP contribution in [0.25, 0.3) is 0 Å². The van der Waals surface area contributed by atoms with Crippen molar-refractivity contribution >= 4 is 17.7 Å². The molecule has 0 bridgehead atoms. The van der Waals surface area contributed by atoms with E-state index >= 15 is 0 Å². The van der Waals surface area contributed by atoms with Crippen LogP contribution < -0.4 is 16.1 Å². The van der Waals surface area contributed by atoms with Gasteiger partial charge in [0.05, 0.1) is 30.1 Å². The van der Waals surface area contributed by atoms with E-state index in [0.29, 0.717) is 38.2 Å². The molecule has 4 rings (SSSR count). The molecule has 0 aliphatic carbocycles. The summed E-state index contributed by atoms with van der Waals surface area (Å²) in [5.74, 6) is -1.12. The number of nitriles is 1. The van der Waals surface area contributed by atoms with Crippen molar-refractivity contribution in [2.75, 3.05) is 25.0 Å². The third-order valence-electron chi connectivity index (χ3n) is 6.68. The molecular weight excluding hydrogens is 429 g/mol. The molecule has 0 aromatic carbocycles. The minimum Gasteiger partial charge on any atom is -0.447 e. The number of anilines is 1. The van der Waals surface area contributed by atoms with Crippen LogP contribution in [0.15, 0.2) is 18.3 Å². The third kappa shape index (κ3) is 4.72. The topological polar surface area (TPSA) is 123 Å². The fourth-order valence-corrected chi connectivity index (χ4v) is 5.12. The van der Waals surface area contributed by atoms with Gasteiger partial charge in [-0.25, -0.2) is 20.2 Å². The minimum atomic E-state index is -0.610. The SMILES string of the molecule is CC(C)OC(=O)N1CCC(CC#N)(N2NC(Nc3ccnc(F)c3)C3C(=O)NCCC32)CC1. The third-order valence-corrected chi connectivity index (χ3v) is 6.68. The van der Waals surface area contributed by atoms with E-state index in [1.807, 2.05) is 13.8 Å². The predicted octanol–water partition coefficient (Wildman–Crippen LogP) is 1.58. The number of piperidine rings is 2. The first kappa shape index (κ1) is 23.2. The Kier molecular flexibility index (Phi) is 6.67. The monoisotopic (exact) mass is 459 g/mol. The first-order valence-corrected chi connectivity index (χ1v) is 11.4. The number of hydrogen-bond donors (Lipinski definition) is 3. The highest BCUT2D eigenvalue weighted by Crippen LogP contribution is 2.40. The number of carbonyl (C=O) groups excluding carboxylic acids is 2. The molecule has 0 spiro atoms. The normalized spacial score (nSPS) is 26.9. The Hall–Kier alpha value is -2.97. The molecule has 3 atom stereocenters. The fraction of sp³-hybridized carbons (Fsp3) is 0.636. The number of hydrogen-bond acceptors (Lipinski definition) is 8. The van der Waals surface area contributed by atoms with Gasteiger partial charge >= 0.3 is 6.09 Å². The van der Waals surface area contributed by atoms with Crippen LogP contribution in [0, 0.1) is 23.2 Å². The zero-order valence-corrected chi connectivity index (χ0v) is 18.9. The second-order valence-corrected chi connectivity index (χ2v) is 9.14. The first-order chi connectivity index (χ1) is 15.8. The number of hydrazine groups is 1. The maximum absolute atomic E-state index is 13.6. The van der Waals surface area contributed by atoms with Crippen molar-refractivity contribution < 1.29 is 18.7 Å². The van der Waals surface area contributed by atoms with E-state index in [1.54, 1.807) is 11.0 Å². The van der Waals surface area contributed by atoms with Gasteiger partial charge < -0.3 is 20.3 Å². The molecule has 0 radical (unpaired) electrons. The Balaban J connectivity index is 1.55. The van der Waals surface area contributed by atoms with Gasteiger partial charge in [-0.15, -0.1) is 0 Å². The molecule has 1 aromatic rings. The van der Waals surface area contributed by atoms with E-state index in [2.05, 4.69) is 32.1 Å². The Morgan fingerprint density at radius 2 is 2.21 bits per heavy atom. The van der Waals surface area contributed by atoms with Crippen molar-refractivity contribution in [3.8, 4) is 6.07 Å². The van der Waals surface area contributed by atoms with Crippen molar-refractivity contribution in [3.05, 3.63) is 24.3 Å². The van der Waals surface area contributed by atoms with E-state index in [0.717, 1.165) is 6.42 Å². The summed E-state index contributed by atoms with van der Waals surface area (Å²) in [4.78, 5) is 30.5. The first-order valence-electron chi connectivity index (χ1n) is 11.4. The van der Waals surface area contributed by atoms with Gasteiger partial charge in [-0.05, 0) is 39.2 Å². The van der Waals surface area contributed by atoms with Gasteiger partial charge in [0.1, 0.15) is 6.17 Å². The van der Waals surface area contributed by atoms with Crippen LogP contribution in [0.2, 0.25) is 0 Å². The van der Waals surface area contributed by atoms with Crippen LogP contribution >= 0.6 is 0 Å². The number of fused-ring (bicyclic) bond motifs is 1. The molecule has 11 heteroatoms. The molecule has 3 aliphatic heterocycles. The van der Waals surface area contributed by atoms with Crippen LogP contribution in [0.3, 0.4) is 0 Å². The molecule has 3 unspecified atom stereocenters. The van der Waals surface area contributed by atoms with Crippen molar-refractivity contribution in [1.29, 1.82) is 5.26 Å². The molecule has 1 aromatic heterocycles. The largest absolute Gasteiger partial charge is 0.447 e. The molecule has 3 N–H and O–H groups in total. The van der Waals surface area contributed by atoms with Crippen LogP contribution in [-0.2, 0) is 9.53 Å². The second-order valence-electron chi connectivity index (χ2n) is 9.14. The Morgan fingerprint density at radius 1 is 1.45 bits per heavy atom. The quantitative estimate of drug-likeness (QED) is 0.567. The molecule has 4 heterocycles. The van der Waals surface area contributed by atoms with Gasteiger partial charge in [-0.3, -0.25) is 4.79 Å². The fourth-order valence-electron chi connectivity index (χ4n) is 5.12. The van der Waals surface area contributed by atoms with Crippen molar-refractivity contribution in [2.24, 2.45) is 5.92 Å². The average molecular weight is 460 g/mol. The van der Waals surface area contributed by atoms with Crippen LogP contribution in [0.5, 0.6) is 0 Å². The summed E-state index contributed by atoms with van der Waals surface area (Å²) < 4.78 is 19.0. The van der Waals surface area contributed by atoms with Crippen LogP contribution in [0.4, 0.5) is 14.9 Å². The second kappa shape index (κ2) is 9.49. The number of nitrogens with zero attached hydrogens (tertiary/aromatic N) is 4. The number of aromatic nitrogens is 1. The molecule has 3 aliphatic rings. The van der Waals surface area contributed by atoms with Gasteiger partial charge in [-0.1, -0.05) is 0 Å². The smallest absolute Gasteiger partial charge is 0.410 e. The lowest BCUT2D eigenvalue weighted by molar-refractivity contribution is -0.128. The summed E-state index contributed by atoms with van der Waals surface area (Å²) >= 11 is 0. The van der Waals surface area contributed by atoms with E-state index in [9.17, 15) is 19.2 Å². The summed E-state index contributed by atoms with van der Waals surface area (Å²) in [5, 5.41) is 17.9. The van der Waals surface area contributed by atoms with Crippen molar-refractivity contribution in [1.82, 2.24) is 25.6 Å². The summed E-state index contributed by atoms with van der Waals surface area (Å²) in [6.07, 6.45) is 2.47. The number of nitrogens with one attached hydrogen (secondary N) is 3. The van der Waals surface area contributed by atoms with Gasteiger partial charge in [0.15, 0.2) is 0 Å². The summed E-state index contributed by atoms with van der Waals surface area (Å²) in [5.41, 5.74) is 3.41. The van der Waals surface area contributed by atoms with Crippen LogP contribution in [-0.4, -0.2) is 70.4 Å². The molecule has 0 saturated carbocycles.